The predicted molar refractivity (Wildman–Crippen MR) is 58.2 cm³/mol. The Morgan fingerprint density at radius 1 is 1.41 bits per heavy atom. The van der Waals surface area contributed by atoms with E-state index in [0.717, 1.165) is 12.1 Å². The Labute approximate surface area is 101 Å². The number of nitrogens with two attached hydrogens (primary N) is 1. The van der Waals surface area contributed by atoms with Crippen LogP contribution in [0.3, 0.4) is 0 Å². The van der Waals surface area contributed by atoms with Crippen LogP contribution < -0.4 is 5.73 Å². The summed E-state index contributed by atoms with van der Waals surface area (Å²) in [5, 5.41) is -0.382. The van der Waals surface area contributed by atoms with Crippen LogP contribution in [0.2, 0.25) is 5.02 Å². The summed E-state index contributed by atoms with van der Waals surface area (Å²) in [5.41, 5.74) is 3.78. The van der Waals surface area contributed by atoms with Crippen LogP contribution in [0.4, 0.5) is 17.6 Å². The molecule has 0 aromatic heterocycles. The lowest BCUT2D eigenvalue weighted by molar-refractivity contribution is -0.138. The Balaban J connectivity index is 3.41. The van der Waals surface area contributed by atoms with Crippen LogP contribution in [0, 0.1) is 5.82 Å². The fourth-order valence-electron chi connectivity index (χ4n) is 1.47. The number of benzene rings is 1. The number of alkyl halides is 3. The molecular formula is C11H10ClF4N. The van der Waals surface area contributed by atoms with Crippen molar-refractivity contribution in [3.05, 3.63) is 46.8 Å². The van der Waals surface area contributed by atoms with Crippen molar-refractivity contribution in [1.29, 1.82) is 0 Å². The van der Waals surface area contributed by atoms with Crippen LogP contribution in [0.5, 0.6) is 0 Å². The van der Waals surface area contributed by atoms with E-state index >= 15 is 0 Å². The van der Waals surface area contributed by atoms with Gasteiger partial charge in [-0.25, -0.2) is 4.39 Å². The minimum absolute atomic E-state index is 0.0281. The molecule has 0 bridgehead atoms. The van der Waals surface area contributed by atoms with E-state index in [4.69, 9.17) is 17.3 Å². The number of halogens is 5. The Kier molecular flexibility index (Phi) is 4.16. The maximum absolute atomic E-state index is 13.6. The van der Waals surface area contributed by atoms with Gasteiger partial charge >= 0.3 is 6.18 Å². The highest BCUT2D eigenvalue weighted by atomic mass is 35.5. The SMILES string of the molecule is C=CC[C@@H](N)c1c(C(F)(F)F)ccc(Cl)c1F. The van der Waals surface area contributed by atoms with Gasteiger partial charge in [0, 0.05) is 11.6 Å². The molecule has 0 heterocycles. The third-order valence-electron chi connectivity index (χ3n) is 2.23. The molecular weight excluding hydrogens is 258 g/mol. The third kappa shape index (κ3) is 2.98. The maximum atomic E-state index is 13.6. The first-order chi connectivity index (χ1) is 7.79. The fraction of sp³-hybridized carbons (Fsp3) is 0.273. The largest absolute Gasteiger partial charge is 0.416 e. The van der Waals surface area contributed by atoms with Gasteiger partial charge in [0.25, 0.3) is 0 Å². The summed E-state index contributed by atoms with van der Waals surface area (Å²) in [5.74, 6) is -1.13. The van der Waals surface area contributed by atoms with Gasteiger partial charge in [0.2, 0.25) is 0 Å². The summed E-state index contributed by atoms with van der Waals surface area (Å²) in [6.07, 6.45) is -3.31. The summed E-state index contributed by atoms with van der Waals surface area (Å²) in [4.78, 5) is 0. The van der Waals surface area contributed by atoms with E-state index in [1.807, 2.05) is 0 Å². The van der Waals surface area contributed by atoms with E-state index in [1.165, 1.54) is 6.08 Å². The van der Waals surface area contributed by atoms with Gasteiger partial charge in [-0.05, 0) is 18.6 Å². The molecule has 0 radical (unpaired) electrons. The molecule has 0 spiro atoms. The van der Waals surface area contributed by atoms with Crippen LogP contribution in [-0.4, -0.2) is 0 Å². The molecule has 17 heavy (non-hydrogen) atoms. The lowest BCUT2D eigenvalue weighted by Gasteiger charge is -2.18. The zero-order valence-electron chi connectivity index (χ0n) is 8.69. The van der Waals surface area contributed by atoms with Gasteiger partial charge in [0.15, 0.2) is 0 Å². The zero-order chi connectivity index (χ0) is 13.2. The van der Waals surface area contributed by atoms with Gasteiger partial charge in [0.05, 0.1) is 10.6 Å². The molecule has 1 atom stereocenters. The minimum Gasteiger partial charge on any atom is -0.324 e. The average molecular weight is 268 g/mol. The second-order valence-corrected chi connectivity index (χ2v) is 3.86. The van der Waals surface area contributed by atoms with E-state index in [0.29, 0.717) is 0 Å². The number of hydrogen-bond donors (Lipinski definition) is 1. The first-order valence-corrected chi connectivity index (χ1v) is 5.08. The molecule has 0 aliphatic carbocycles. The molecule has 6 heteroatoms. The molecule has 0 aliphatic rings. The van der Waals surface area contributed by atoms with Crippen LogP contribution in [-0.2, 0) is 6.18 Å². The van der Waals surface area contributed by atoms with E-state index in [9.17, 15) is 17.6 Å². The monoisotopic (exact) mass is 267 g/mol. The molecule has 0 fully saturated rings. The topological polar surface area (TPSA) is 26.0 Å². The number of rotatable bonds is 3. The van der Waals surface area contributed by atoms with Gasteiger partial charge < -0.3 is 5.73 Å². The van der Waals surface area contributed by atoms with Crippen LogP contribution in [0.15, 0.2) is 24.8 Å². The first kappa shape index (κ1) is 14.0. The summed E-state index contributed by atoms with van der Waals surface area (Å²) in [6.45, 7) is 3.35. The van der Waals surface area contributed by atoms with E-state index in [-0.39, 0.29) is 11.4 Å². The lowest BCUT2D eigenvalue weighted by Crippen LogP contribution is -2.19. The summed E-state index contributed by atoms with van der Waals surface area (Å²) >= 11 is 5.46. The van der Waals surface area contributed by atoms with Crippen molar-refractivity contribution in [1.82, 2.24) is 0 Å². The Morgan fingerprint density at radius 3 is 2.47 bits per heavy atom. The molecule has 0 aliphatic heterocycles. The zero-order valence-corrected chi connectivity index (χ0v) is 9.45. The molecule has 0 amide bonds. The van der Waals surface area contributed by atoms with Crippen molar-refractivity contribution in [2.24, 2.45) is 5.73 Å². The van der Waals surface area contributed by atoms with Crippen molar-refractivity contribution in [2.45, 2.75) is 18.6 Å². The quantitative estimate of drug-likeness (QED) is 0.648. The van der Waals surface area contributed by atoms with Gasteiger partial charge in [-0.3, -0.25) is 0 Å². The second-order valence-electron chi connectivity index (χ2n) is 3.45. The van der Waals surface area contributed by atoms with Crippen molar-refractivity contribution in [3.8, 4) is 0 Å². The molecule has 0 unspecified atom stereocenters. The minimum atomic E-state index is -4.67. The highest BCUT2D eigenvalue weighted by Crippen LogP contribution is 2.38. The van der Waals surface area contributed by atoms with Crippen molar-refractivity contribution < 1.29 is 17.6 Å². The maximum Gasteiger partial charge on any atom is 0.416 e. The molecule has 94 valence electrons. The van der Waals surface area contributed by atoms with Crippen LogP contribution in [0.25, 0.3) is 0 Å². The lowest BCUT2D eigenvalue weighted by atomic mass is 9.97. The van der Waals surface area contributed by atoms with Crippen LogP contribution in [0.1, 0.15) is 23.6 Å². The molecule has 2 N–H and O–H groups in total. The smallest absolute Gasteiger partial charge is 0.324 e. The van der Waals surface area contributed by atoms with Crippen LogP contribution >= 0.6 is 11.6 Å². The average Bonchev–Trinajstić information content (AvgIpc) is 2.20. The Hall–Kier alpha value is -1.07. The molecule has 1 nitrogen and oxygen atoms in total. The first-order valence-electron chi connectivity index (χ1n) is 4.70. The fourth-order valence-corrected chi connectivity index (χ4v) is 1.64. The highest BCUT2D eigenvalue weighted by Gasteiger charge is 2.36. The van der Waals surface area contributed by atoms with Crippen molar-refractivity contribution in [3.63, 3.8) is 0 Å². The van der Waals surface area contributed by atoms with E-state index < -0.39 is 29.2 Å². The predicted octanol–water partition coefficient (Wildman–Crippen LogP) is 4.07. The summed E-state index contributed by atoms with van der Waals surface area (Å²) in [7, 11) is 0. The summed E-state index contributed by atoms with van der Waals surface area (Å²) < 4.78 is 51.6. The Bertz CT molecular complexity index is 428. The van der Waals surface area contributed by atoms with Gasteiger partial charge in [-0.1, -0.05) is 17.7 Å². The number of hydrogen-bond acceptors (Lipinski definition) is 1. The Morgan fingerprint density at radius 2 is 2.00 bits per heavy atom. The molecule has 0 saturated heterocycles. The van der Waals surface area contributed by atoms with Crippen molar-refractivity contribution >= 4 is 11.6 Å². The van der Waals surface area contributed by atoms with Gasteiger partial charge in [0.1, 0.15) is 5.82 Å². The second kappa shape index (κ2) is 5.06. The van der Waals surface area contributed by atoms with E-state index in [1.54, 1.807) is 0 Å². The molecule has 0 saturated carbocycles. The standard InChI is InChI=1S/C11H10ClF4N/c1-2-3-8(17)9-6(11(14,15)16)4-5-7(12)10(9)13/h2,4-5,8H,1,3,17H2/t8-/m1/s1. The normalized spacial score (nSPS) is 13.5. The molecule has 1 aromatic carbocycles. The highest BCUT2D eigenvalue weighted by molar-refractivity contribution is 6.30. The van der Waals surface area contributed by atoms with Gasteiger partial charge in [-0.15, -0.1) is 6.58 Å². The summed E-state index contributed by atoms with van der Waals surface area (Å²) in [6, 6.07) is 0.468. The van der Waals surface area contributed by atoms with Crippen molar-refractivity contribution in [2.75, 3.05) is 0 Å². The van der Waals surface area contributed by atoms with Gasteiger partial charge in [-0.2, -0.15) is 13.2 Å². The molecule has 1 rings (SSSR count). The third-order valence-corrected chi connectivity index (χ3v) is 2.52. The van der Waals surface area contributed by atoms with E-state index in [2.05, 4.69) is 6.58 Å². The molecule has 1 aromatic rings.